The Balaban J connectivity index is 1.88. The molecule has 1 N–H and O–H groups in total. The number of hydrogen-bond donors (Lipinski definition) is 1. The highest BCUT2D eigenvalue weighted by molar-refractivity contribution is 5.95. The normalized spacial score (nSPS) is 27.3. The number of rotatable bonds is 3. The van der Waals surface area contributed by atoms with Crippen molar-refractivity contribution in [2.75, 3.05) is 7.11 Å². The monoisotopic (exact) mass is 305 g/mol. The smallest absolute Gasteiger partial charge is 0.326 e. The van der Waals surface area contributed by atoms with E-state index in [2.05, 4.69) is 10.2 Å². The van der Waals surface area contributed by atoms with Crippen LogP contribution < -0.4 is 4.74 Å². The number of aromatic nitrogens is 2. The average molecular weight is 305 g/mol. The van der Waals surface area contributed by atoms with Crippen LogP contribution in [0.1, 0.15) is 42.6 Å². The summed E-state index contributed by atoms with van der Waals surface area (Å²) in [4.78, 5) is 25.8. The Morgan fingerprint density at radius 2 is 2.05 bits per heavy atom. The van der Waals surface area contributed by atoms with E-state index in [4.69, 9.17) is 4.74 Å². The summed E-state index contributed by atoms with van der Waals surface area (Å²) in [6.45, 7) is 0. The van der Waals surface area contributed by atoms with E-state index in [1.54, 1.807) is 6.07 Å². The summed E-state index contributed by atoms with van der Waals surface area (Å²) < 4.78 is 4.93. The van der Waals surface area contributed by atoms with E-state index in [1.165, 1.54) is 18.1 Å². The van der Waals surface area contributed by atoms with Gasteiger partial charge in [-0.05, 0) is 31.2 Å². The van der Waals surface area contributed by atoms with Crippen LogP contribution in [0.25, 0.3) is 0 Å². The Bertz CT molecular complexity index is 575. The molecule has 2 heterocycles. The third-order valence-electron chi connectivity index (χ3n) is 4.68. The van der Waals surface area contributed by atoms with Crippen LogP contribution in [0.15, 0.2) is 12.1 Å². The van der Waals surface area contributed by atoms with Gasteiger partial charge in [-0.2, -0.15) is 0 Å². The number of carboxylic acids is 1. The van der Waals surface area contributed by atoms with Gasteiger partial charge in [-0.25, -0.2) is 4.79 Å². The van der Waals surface area contributed by atoms with Crippen molar-refractivity contribution in [2.24, 2.45) is 5.92 Å². The van der Waals surface area contributed by atoms with E-state index < -0.39 is 12.0 Å². The summed E-state index contributed by atoms with van der Waals surface area (Å²) in [6, 6.07) is 2.34. The van der Waals surface area contributed by atoms with Crippen LogP contribution in [-0.2, 0) is 4.79 Å². The lowest BCUT2D eigenvalue weighted by atomic mass is 9.84. The van der Waals surface area contributed by atoms with Crippen molar-refractivity contribution < 1.29 is 19.4 Å². The summed E-state index contributed by atoms with van der Waals surface area (Å²) >= 11 is 0. The number of carbonyl (C=O) groups is 2. The molecule has 0 radical (unpaired) electrons. The Morgan fingerprint density at radius 1 is 1.27 bits per heavy atom. The first-order chi connectivity index (χ1) is 10.6. The van der Waals surface area contributed by atoms with E-state index in [0.717, 1.165) is 25.7 Å². The summed E-state index contributed by atoms with van der Waals surface area (Å²) in [5.74, 6) is -0.686. The fraction of sp³-hybridized carbons (Fsp3) is 0.600. The molecule has 2 fully saturated rings. The number of methoxy groups -OCH3 is 1. The molecule has 1 aromatic rings. The molecule has 7 nitrogen and oxygen atoms in total. The number of fused-ring (bicyclic) bond motifs is 1. The molecule has 22 heavy (non-hydrogen) atoms. The van der Waals surface area contributed by atoms with Gasteiger partial charge in [-0.15, -0.1) is 10.2 Å². The summed E-state index contributed by atoms with van der Waals surface area (Å²) in [5.41, 5.74) is 0.165. The SMILES string of the molecule is COc1ccc(C(=O)N2[C@@H]3CCCC[C@@H]3C[C@H]2C(=O)O)nn1. The number of likely N-dealkylation sites (tertiary alicyclic amines) is 1. The zero-order chi connectivity index (χ0) is 15.7. The van der Waals surface area contributed by atoms with E-state index in [0.29, 0.717) is 12.3 Å². The molecule has 1 amide bonds. The maximum atomic E-state index is 12.7. The number of hydrogen-bond acceptors (Lipinski definition) is 5. The van der Waals surface area contributed by atoms with Gasteiger partial charge >= 0.3 is 5.97 Å². The number of ether oxygens (including phenoxy) is 1. The quantitative estimate of drug-likeness (QED) is 0.906. The highest BCUT2D eigenvalue weighted by Crippen LogP contribution is 2.40. The summed E-state index contributed by atoms with van der Waals surface area (Å²) in [5, 5.41) is 17.1. The number of carbonyl (C=O) groups excluding carboxylic acids is 1. The lowest BCUT2D eigenvalue weighted by Gasteiger charge is -2.32. The van der Waals surface area contributed by atoms with Crippen molar-refractivity contribution in [2.45, 2.75) is 44.2 Å². The molecular formula is C15H19N3O4. The van der Waals surface area contributed by atoms with Gasteiger partial charge in [-0.3, -0.25) is 4.79 Å². The number of nitrogens with zero attached hydrogens (tertiary/aromatic N) is 3. The first-order valence-electron chi connectivity index (χ1n) is 7.55. The zero-order valence-electron chi connectivity index (χ0n) is 12.4. The number of carboxylic acid groups (broad SMARTS) is 1. The topological polar surface area (TPSA) is 92.6 Å². The second kappa shape index (κ2) is 5.90. The van der Waals surface area contributed by atoms with Crippen molar-refractivity contribution in [3.8, 4) is 5.88 Å². The van der Waals surface area contributed by atoms with Gasteiger partial charge in [0, 0.05) is 12.1 Å². The van der Waals surface area contributed by atoms with Gasteiger partial charge in [0.2, 0.25) is 5.88 Å². The minimum atomic E-state index is -0.941. The molecule has 0 spiro atoms. The molecule has 1 aliphatic carbocycles. The minimum absolute atomic E-state index is 0.00579. The van der Waals surface area contributed by atoms with Gasteiger partial charge in [0.1, 0.15) is 6.04 Å². The van der Waals surface area contributed by atoms with Gasteiger partial charge in [-0.1, -0.05) is 12.8 Å². The third kappa shape index (κ3) is 2.51. The first-order valence-corrected chi connectivity index (χ1v) is 7.55. The molecule has 0 unspecified atom stereocenters. The molecule has 118 valence electrons. The molecule has 0 bridgehead atoms. The molecule has 1 saturated heterocycles. The van der Waals surface area contributed by atoms with Crippen LogP contribution in [0.2, 0.25) is 0 Å². The van der Waals surface area contributed by atoms with E-state index >= 15 is 0 Å². The molecule has 1 saturated carbocycles. The highest BCUT2D eigenvalue weighted by atomic mass is 16.5. The predicted octanol–water partition coefficient (Wildman–Crippen LogP) is 1.34. The number of aliphatic carboxylic acids is 1. The van der Waals surface area contributed by atoms with E-state index in [1.807, 2.05) is 0 Å². The first kappa shape index (κ1) is 14.7. The predicted molar refractivity (Wildman–Crippen MR) is 76.5 cm³/mol. The highest BCUT2D eigenvalue weighted by Gasteiger charge is 2.48. The van der Waals surface area contributed by atoms with Crippen LogP contribution in [0.3, 0.4) is 0 Å². The Labute approximate surface area is 128 Å². The van der Waals surface area contributed by atoms with Crippen LogP contribution in [0.5, 0.6) is 5.88 Å². The minimum Gasteiger partial charge on any atom is -0.480 e. The van der Waals surface area contributed by atoms with Crippen molar-refractivity contribution in [1.29, 1.82) is 0 Å². The summed E-state index contributed by atoms with van der Waals surface area (Å²) in [7, 11) is 1.47. The van der Waals surface area contributed by atoms with Gasteiger partial charge in [0.05, 0.1) is 7.11 Å². The molecule has 3 rings (SSSR count). The van der Waals surface area contributed by atoms with Crippen molar-refractivity contribution in [3.63, 3.8) is 0 Å². The van der Waals surface area contributed by atoms with Gasteiger partial charge < -0.3 is 14.7 Å². The maximum absolute atomic E-state index is 12.7. The Kier molecular flexibility index (Phi) is 3.96. The van der Waals surface area contributed by atoms with Crippen molar-refractivity contribution in [1.82, 2.24) is 15.1 Å². The van der Waals surface area contributed by atoms with Crippen LogP contribution >= 0.6 is 0 Å². The molecule has 1 aliphatic heterocycles. The largest absolute Gasteiger partial charge is 0.480 e. The average Bonchev–Trinajstić information content (AvgIpc) is 2.94. The van der Waals surface area contributed by atoms with Crippen molar-refractivity contribution in [3.05, 3.63) is 17.8 Å². The molecule has 0 aromatic carbocycles. The van der Waals surface area contributed by atoms with E-state index in [-0.39, 0.29) is 23.6 Å². The lowest BCUT2D eigenvalue weighted by Crippen LogP contribution is -2.46. The fourth-order valence-corrected chi connectivity index (χ4v) is 3.65. The Morgan fingerprint density at radius 3 is 2.68 bits per heavy atom. The second-order valence-electron chi connectivity index (χ2n) is 5.87. The zero-order valence-corrected chi connectivity index (χ0v) is 12.4. The molecule has 7 heteroatoms. The number of amides is 1. The second-order valence-corrected chi connectivity index (χ2v) is 5.87. The van der Waals surface area contributed by atoms with Crippen LogP contribution in [-0.4, -0.2) is 51.3 Å². The Hall–Kier alpha value is -2.18. The van der Waals surface area contributed by atoms with Gasteiger partial charge in [0.25, 0.3) is 5.91 Å². The molecule has 2 aliphatic rings. The lowest BCUT2D eigenvalue weighted by molar-refractivity contribution is -0.141. The molecular weight excluding hydrogens is 286 g/mol. The van der Waals surface area contributed by atoms with E-state index in [9.17, 15) is 14.7 Å². The van der Waals surface area contributed by atoms with Gasteiger partial charge in [0.15, 0.2) is 5.69 Å². The molecule has 1 aromatic heterocycles. The fourth-order valence-electron chi connectivity index (χ4n) is 3.65. The standard InChI is InChI=1S/C15H19N3O4/c1-22-13-7-6-10(16-17-13)14(19)18-11-5-3-2-4-9(11)8-12(18)15(20)21/h6-7,9,11-12H,2-5,8H2,1H3,(H,20,21)/t9-,11-,12+/m1/s1. The summed E-state index contributed by atoms with van der Waals surface area (Å²) in [6.07, 6.45) is 4.54. The third-order valence-corrected chi connectivity index (χ3v) is 4.68. The van der Waals surface area contributed by atoms with Crippen molar-refractivity contribution >= 4 is 11.9 Å². The van der Waals surface area contributed by atoms with Crippen LogP contribution in [0.4, 0.5) is 0 Å². The van der Waals surface area contributed by atoms with Crippen LogP contribution in [0, 0.1) is 5.92 Å². The molecule has 3 atom stereocenters. The maximum Gasteiger partial charge on any atom is 0.326 e.